The van der Waals surface area contributed by atoms with Gasteiger partial charge in [-0.3, -0.25) is 4.99 Å². The number of hydrogen-bond acceptors (Lipinski definition) is 2. The maximum atomic E-state index is 4.37. The molecule has 3 nitrogen and oxygen atoms in total. The van der Waals surface area contributed by atoms with Gasteiger partial charge in [-0.25, -0.2) is 0 Å². The first kappa shape index (κ1) is 20.6. The first-order chi connectivity index (χ1) is 9.39. The van der Waals surface area contributed by atoms with Crippen molar-refractivity contribution in [3.8, 4) is 0 Å². The van der Waals surface area contributed by atoms with Gasteiger partial charge < -0.3 is 10.2 Å². The Labute approximate surface area is 151 Å². The van der Waals surface area contributed by atoms with Crippen LogP contribution < -0.4 is 5.32 Å². The molecule has 0 heterocycles. The largest absolute Gasteiger partial charge is 0.355 e. The standard InChI is InChI=1S/C16H27N3S.HI/c1-13-9-7-8-10-14(13)11-19(5)15(17-4)18-12-16(2,3)20-6;/h7-10H,11-12H2,1-6H3,(H,17,18);1H. The zero-order chi connectivity index (χ0) is 15.2. The second-order valence-electron chi connectivity index (χ2n) is 5.65. The van der Waals surface area contributed by atoms with Gasteiger partial charge in [0, 0.05) is 31.9 Å². The van der Waals surface area contributed by atoms with E-state index in [1.54, 1.807) is 0 Å². The van der Waals surface area contributed by atoms with Crippen LogP contribution in [0.15, 0.2) is 29.3 Å². The van der Waals surface area contributed by atoms with Gasteiger partial charge in [-0.1, -0.05) is 24.3 Å². The van der Waals surface area contributed by atoms with Crippen molar-refractivity contribution in [1.82, 2.24) is 10.2 Å². The average molecular weight is 421 g/mol. The van der Waals surface area contributed by atoms with Gasteiger partial charge in [0.25, 0.3) is 0 Å². The lowest BCUT2D eigenvalue weighted by Gasteiger charge is -2.28. The van der Waals surface area contributed by atoms with Crippen molar-refractivity contribution < 1.29 is 0 Å². The van der Waals surface area contributed by atoms with Crippen molar-refractivity contribution in [2.45, 2.75) is 32.1 Å². The average Bonchev–Trinajstić information content (AvgIpc) is 2.42. The summed E-state index contributed by atoms with van der Waals surface area (Å²) in [5.74, 6) is 0.940. The van der Waals surface area contributed by atoms with Gasteiger partial charge in [0.2, 0.25) is 0 Å². The summed E-state index contributed by atoms with van der Waals surface area (Å²) in [7, 11) is 3.91. The Morgan fingerprint density at radius 2 is 1.95 bits per heavy atom. The van der Waals surface area contributed by atoms with Crippen LogP contribution in [-0.2, 0) is 6.54 Å². The molecule has 1 aromatic rings. The summed E-state index contributed by atoms with van der Waals surface area (Å²) in [6.07, 6.45) is 2.14. The van der Waals surface area contributed by atoms with E-state index in [9.17, 15) is 0 Å². The van der Waals surface area contributed by atoms with Crippen molar-refractivity contribution in [1.29, 1.82) is 0 Å². The van der Waals surface area contributed by atoms with E-state index in [4.69, 9.17) is 0 Å². The van der Waals surface area contributed by atoms with E-state index in [0.717, 1.165) is 19.0 Å². The van der Waals surface area contributed by atoms with Crippen LogP contribution >= 0.6 is 35.7 Å². The zero-order valence-electron chi connectivity index (χ0n) is 13.9. The molecule has 0 radical (unpaired) electrons. The van der Waals surface area contributed by atoms with Crippen molar-refractivity contribution in [3.05, 3.63) is 35.4 Å². The second kappa shape index (κ2) is 9.56. The number of aliphatic imine (C=N–C) groups is 1. The lowest BCUT2D eigenvalue weighted by Crippen LogP contribution is -2.43. The summed E-state index contributed by atoms with van der Waals surface area (Å²) < 4.78 is 0.208. The monoisotopic (exact) mass is 421 g/mol. The molecule has 1 rings (SSSR count). The number of benzene rings is 1. The van der Waals surface area contributed by atoms with Crippen molar-refractivity contribution in [3.63, 3.8) is 0 Å². The van der Waals surface area contributed by atoms with Gasteiger partial charge in [-0.2, -0.15) is 11.8 Å². The molecule has 0 bridgehead atoms. The van der Waals surface area contributed by atoms with Gasteiger partial charge in [0.1, 0.15) is 0 Å². The van der Waals surface area contributed by atoms with E-state index in [1.165, 1.54) is 11.1 Å². The van der Waals surface area contributed by atoms with E-state index in [0.29, 0.717) is 0 Å². The number of aryl methyl sites for hydroxylation is 1. The van der Waals surface area contributed by atoms with Gasteiger partial charge in [-0.05, 0) is 38.2 Å². The molecule has 0 atom stereocenters. The fourth-order valence-corrected chi connectivity index (χ4v) is 2.08. The molecular formula is C16H28IN3S. The minimum Gasteiger partial charge on any atom is -0.355 e. The first-order valence-corrected chi connectivity index (χ1v) is 8.13. The van der Waals surface area contributed by atoms with Gasteiger partial charge >= 0.3 is 0 Å². The summed E-state index contributed by atoms with van der Waals surface area (Å²) in [6, 6.07) is 8.48. The van der Waals surface area contributed by atoms with Crippen molar-refractivity contribution in [2.24, 2.45) is 4.99 Å². The van der Waals surface area contributed by atoms with Gasteiger partial charge in [0.05, 0.1) is 0 Å². The fraction of sp³-hybridized carbons (Fsp3) is 0.562. The molecule has 5 heteroatoms. The van der Waals surface area contributed by atoms with Crippen LogP contribution in [0.1, 0.15) is 25.0 Å². The van der Waals surface area contributed by atoms with Gasteiger partial charge in [0.15, 0.2) is 5.96 Å². The van der Waals surface area contributed by atoms with Crippen molar-refractivity contribution >= 4 is 41.7 Å². The summed E-state index contributed by atoms with van der Waals surface area (Å²) in [5, 5.41) is 3.46. The third-order valence-corrected chi connectivity index (χ3v) is 4.72. The molecular weight excluding hydrogens is 393 g/mol. The third-order valence-electron chi connectivity index (χ3n) is 3.47. The van der Waals surface area contributed by atoms with Crippen LogP contribution in [0.3, 0.4) is 0 Å². The number of rotatable bonds is 5. The molecule has 120 valence electrons. The maximum Gasteiger partial charge on any atom is 0.193 e. The zero-order valence-corrected chi connectivity index (χ0v) is 17.1. The lowest BCUT2D eigenvalue weighted by atomic mass is 10.1. The number of thioether (sulfide) groups is 1. The Morgan fingerprint density at radius 3 is 2.48 bits per heavy atom. The molecule has 0 amide bonds. The molecule has 0 aliphatic carbocycles. The Bertz CT molecular complexity index is 461. The highest BCUT2D eigenvalue weighted by molar-refractivity contribution is 14.0. The van der Waals surface area contributed by atoms with E-state index in [1.807, 2.05) is 18.8 Å². The van der Waals surface area contributed by atoms with Crippen LogP contribution in [0.25, 0.3) is 0 Å². The molecule has 0 unspecified atom stereocenters. The normalized spacial score (nSPS) is 11.8. The fourth-order valence-electron chi connectivity index (χ4n) is 1.87. The minimum absolute atomic E-state index is 0. The molecule has 0 aromatic heterocycles. The maximum absolute atomic E-state index is 4.37. The Morgan fingerprint density at radius 1 is 1.33 bits per heavy atom. The predicted molar refractivity (Wildman–Crippen MR) is 107 cm³/mol. The molecule has 21 heavy (non-hydrogen) atoms. The van der Waals surface area contributed by atoms with Crippen LogP contribution in [-0.4, -0.2) is 42.5 Å². The molecule has 0 saturated heterocycles. The third kappa shape index (κ3) is 6.91. The highest BCUT2D eigenvalue weighted by Gasteiger charge is 2.17. The van der Waals surface area contributed by atoms with E-state index >= 15 is 0 Å². The van der Waals surface area contributed by atoms with E-state index in [-0.39, 0.29) is 28.7 Å². The molecule has 1 aromatic carbocycles. The number of nitrogens with zero attached hydrogens (tertiary/aromatic N) is 2. The topological polar surface area (TPSA) is 27.6 Å². The van der Waals surface area contributed by atoms with Crippen molar-refractivity contribution in [2.75, 3.05) is 26.9 Å². The Balaban J connectivity index is 0.00000400. The van der Waals surface area contributed by atoms with Crippen LogP contribution in [0.5, 0.6) is 0 Å². The van der Waals surface area contributed by atoms with E-state index in [2.05, 4.69) is 73.5 Å². The molecule has 1 N–H and O–H groups in total. The highest BCUT2D eigenvalue weighted by atomic mass is 127. The Hall–Kier alpha value is -0.430. The van der Waals surface area contributed by atoms with Crippen LogP contribution in [0, 0.1) is 6.92 Å². The number of hydrogen-bond donors (Lipinski definition) is 1. The number of halogens is 1. The van der Waals surface area contributed by atoms with Crippen LogP contribution in [0.2, 0.25) is 0 Å². The predicted octanol–water partition coefficient (Wildman–Crippen LogP) is 3.76. The number of guanidine groups is 1. The second-order valence-corrected chi connectivity index (χ2v) is 7.16. The number of nitrogens with one attached hydrogen (secondary N) is 1. The SMILES string of the molecule is CN=C(NCC(C)(C)SC)N(C)Cc1ccccc1C.I. The van der Waals surface area contributed by atoms with Crippen LogP contribution in [0.4, 0.5) is 0 Å². The molecule has 0 aliphatic heterocycles. The molecule has 0 saturated carbocycles. The molecule has 0 fully saturated rings. The minimum atomic E-state index is 0. The smallest absolute Gasteiger partial charge is 0.193 e. The summed E-state index contributed by atoms with van der Waals surface area (Å²) in [5.41, 5.74) is 2.65. The van der Waals surface area contributed by atoms with E-state index < -0.39 is 0 Å². The Kier molecular flexibility index (Phi) is 9.36. The summed E-state index contributed by atoms with van der Waals surface area (Å²) in [6.45, 7) is 8.39. The summed E-state index contributed by atoms with van der Waals surface area (Å²) >= 11 is 1.86. The highest BCUT2D eigenvalue weighted by Crippen LogP contribution is 2.19. The summed E-state index contributed by atoms with van der Waals surface area (Å²) in [4.78, 5) is 6.54. The molecule has 0 spiro atoms. The lowest BCUT2D eigenvalue weighted by molar-refractivity contribution is 0.470. The van der Waals surface area contributed by atoms with Gasteiger partial charge in [-0.15, -0.1) is 24.0 Å². The quantitative estimate of drug-likeness (QED) is 0.446. The molecule has 0 aliphatic rings. The first-order valence-electron chi connectivity index (χ1n) is 6.91.